The molecule has 0 aliphatic carbocycles. The number of hydrogen-bond acceptors (Lipinski definition) is 3. The van der Waals surface area contributed by atoms with E-state index < -0.39 is 11.9 Å². The number of carboxylic acid groups (broad SMARTS) is 1. The second kappa shape index (κ2) is 11.6. The van der Waals surface area contributed by atoms with E-state index in [-0.39, 0.29) is 5.78 Å². The Hall–Kier alpha value is -1.16. The third kappa shape index (κ3) is 8.86. The lowest BCUT2D eigenvalue weighted by molar-refractivity contribution is -0.145. The average molecular weight is 283 g/mol. The first-order chi connectivity index (χ1) is 9.50. The van der Waals surface area contributed by atoms with E-state index in [4.69, 9.17) is 10.8 Å². The van der Waals surface area contributed by atoms with Gasteiger partial charge in [-0.15, -0.1) is 0 Å². The minimum Gasteiger partial charge on any atom is -0.481 e. The summed E-state index contributed by atoms with van der Waals surface area (Å²) >= 11 is 0. The molecule has 20 heavy (non-hydrogen) atoms. The van der Waals surface area contributed by atoms with Crippen molar-refractivity contribution in [1.82, 2.24) is 0 Å². The standard InChI is InChI=1S/C16H29NO3/c1-13(2)15(18)14(16(19)20)11-9-7-5-3-4-6-8-10-12-17/h14H,1,3-12,17H2,2H3,(H,19,20). The number of ketones is 1. The number of nitrogens with two attached hydrogens (primary N) is 1. The molecule has 0 fully saturated rings. The van der Waals surface area contributed by atoms with Gasteiger partial charge in [-0.2, -0.15) is 0 Å². The van der Waals surface area contributed by atoms with E-state index in [0.29, 0.717) is 12.0 Å². The third-order valence-corrected chi connectivity index (χ3v) is 3.48. The Balaban J connectivity index is 3.68. The Kier molecular flexibility index (Phi) is 11.0. The van der Waals surface area contributed by atoms with E-state index in [1.807, 2.05) is 0 Å². The number of hydrogen-bond donors (Lipinski definition) is 2. The number of allylic oxidation sites excluding steroid dienone is 1. The van der Waals surface area contributed by atoms with Crippen molar-refractivity contribution in [2.75, 3.05) is 6.54 Å². The van der Waals surface area contributed by atoms with Gasteiger partial charge in [0.25, 0.3) is 0 Å². The lowest BCUT2D eigenvalue weighted by Gasteiger charge is -2.10. The summed E-state index contributed by atoms with van der Waals surface area (Å²) < 4.78 is 0. The van der Waals surface area contributed by atoms with E-state index in [9.17, 15) is 9.59 Å². The number of Topliss-reactive ketones (excluding diaryl/α,β-unsaturated/α-hetero) is 1. The van der Waals surface area contributed by atoms with Gasteiger partial charge < -0.3 is 10.8 Å². The SMILES string of the molecule is C=C(C)C(=O)C(CCCCCCCCCCN)C(=O)O. The first-order valence-electron chi connectivity index (χ1n) is 7.63. The molecular weight excluding hydrogens is 254 g/mol. The molecule has 0 aromatic rings. The van der Waals surface area contributed by atoms with Crippen molar-refractivity contribution >= 4 is 11.8 Å². The van der Waals surface area contributed by atoms with Crippen molar-refractivity contribution in [2.24, 2.45) is 11.7 Å². The maximum absolute atomic E-state index is 11.7. The summed E-state index contributed by atoms with van der Waals surface area (Å²) in [7, 11) is 0. The van der Waals surface area contributed by atoms with Crippen LogP contribution in [-0.2, 0) is 9.59 Å². The van der Waals surface area contributed by atoms with Crippen LogP contribution in [0, 0.1) is 5.92 Å². The molecule has 116 valence electrons. The van der Waals surface area contributed by atoms with E-state index >= 15 is 0 Å². The van der Waals surface area contributed by atoms with Crippen molar-refractivity contribution in [2.45, 2.75) is 64.7 Å². The van der Waals surface area contributed by atoms with E-state index in [1.54, 1.807) is 6.92 Å². The largest absolute Gasteiger partial charge is 0.481 e. The van der Waals surface area contributed by atoms with E-state index in [0.717, 1.165) is 32.2 Å². The Morgan fingerprint density at radius 1 is 1.00 bits per heavy atom. The highest BCUT2D eigenvalue weighted by Gasteiger charge is 2.25. The maximum atomic E-state index is 11.7. The molecule has 1 unspecified atom stereocenters. The number of carbonyl (C=O) groups is 2. The molecule has 0 rings (SSSR count). The number of carboxylic acids is 1. The van der Waals surface area contributed by atoms with Crippen LogP contribution in [0.15, 0.2) is 12.2 Å². The van der Waals surface area contributed by atoms with Crippen molar-refractivity contribution in [1.29, 1.82) is 0 Å². The summed E-state index contributed by atoms with van der Waals surface area (Å²) in [6, 6.07) is 0. The van der Waals surface area contributed by atoms with Gasteiger partial charge in [0.2, 0.25) is 0 Å². The minimum absolute atomic E-state index is 0.331. The van der Waals surface area contributed by atoms with Crippen LogP contribution >= 0.6 is 0 Å². The smallest absolute Gasteiger partial charge is 0.314 e. The average Bonchev–Trinajstić information content (AvgIpc) is 2.39. The molecule has 4 nitrogen and oxygen atoms in total. The lowest BCUT2D eigenvalue weighted by Crippen LogP contribution is -2.24. The third-order valence-electron chi connectivity index (χ3n) is 3.48. The first-order valence-corrected chi connectivity index (χ1v) is 7.63. The number of rotatable bonds is 13. The fourth-order valence-electron chi connectivity index (χ4n) is 2.22. The Morgan fingerprint density at radius 3 is 1.85 bits per heavy atom. The van der Waals surface area contributed by atoms with Crippen molar-refractivity contribution < 1.29 is 14.7 Å². The van der Waals surface area contributed by atoms with Gasteiger partial charge in [-0.25, -0.2) is 0 Å². The normalized spacial score (nSPS) is 12.1. The molecule has 0 aliphatic heterocycles. The molecule has 4 heteroatoms. The molecular formula is C16H29NO3. The first kappa shape index (κ1) is 18.8. The van der Waals surface area contributed by atoms with Gasteiger partial charge in [-0.05, 0) is 31.9 Å². The fraction of sp³-hybridized carbons (Fsp3) is 0.750. The van der Waals surface area contributed by atoms with E-state index in [2.05, 4.69) is 6.58 Å². The zero-order chi connectivity index (χ0) is 15.4. The molecule has 0 radical (unpaired) electrons. The molecule has 0 spiro atoms. The van der Waals surface area contributed by atoms with Gasteiger partial charge in [-0.1, -0.05) is 51.5 Å². The van der Waals surface area contributed by atoms with Crippen LogP contribution in [0.2, 0.25) is 0 Å². The Bertz CT molecular complexity index is 313. The van der Waals surface area contributed by atoms with Crippen LogP contribution in [0.5, 0.6) is 0 Å². The Morgan fingerprint density at radius 2 is 1.45 bits per heavy atom. The zero-order valence-corrected chi connectivity index (χ0v) is 12.7. The van der Waals surface area contributed by atoms with Gasteiger partial charge >= 0.3 is 5.97 Å². The highest BCUT2D eigenvalue weighted by Crippen LogP contribution is 2.16. The number of unbranched alkanes of at least 4 members (excludes halogenated alkanes) is 7. The molecule has 0 aromatic heterocycles. The van der Waals surface area contributed by atoms with Crippen LogP contribution in [0.4, 0.5) is 0 Å². The minimum atomic E-state index is -1.03. The molecule has 0 amide bonds. The number of carbonyl (C=O) groups excluding carboxylic acids is 1. The topological polar surface area (TPSA) is 80.4 Å². The molecule has 0 saturated carbocycles. The molecule has 1 atom stereocenters. The van der Waals surface area contributed by atoms with Crippen LogP contribution in [0.1, 0.15) is 64.7 Å². The number of aliphatic carboxylic acids is 1. The predicted octanol–water partition coefficient (Wildman–Crippen LogP) is 3.30. The van der Waals surface area contributed by atoms with Crippen LogP contribution in [0.3, 0.4) is 0 Å². The van der Waals surface area contributed by atoms with Gasteiger partial charge in [0, 0.05) is 0 Å². The molecule has 0 bridgehead atoms. The molecule has 0 saturated heterocycles. The van der Waals surface area contributed by atoms with Gasteiger partial charge in [0.1, 0.15) is 5.92 Å². The quantitative estimate of drug-likeness (QED) is 0.309. The van der Waals surface area contributed by atoms with Crippen molar-refractivity contribution in [3.63, 3.8) is 0 Å². The lowest BCUT2D eigenvalue weighted by atomic mass is 9.93. The predicted molar refractivity (Wildman–Crippen MR) is 81.6 cm³/mol. The van der Waals surface area contributed by atoms with Gasteiger partial charge in [0.05, 0.1) is 0 Å². The summed E-state index contributed by atoms with van der Waals surface area (Å²) in [6.45, 7) is 5.87. The second-order valence-corrected chi connectivity index (χ2v) is 5.44. The van der Waals surface area contributed by atoms with Crippen molar-refractivity contribution in [3.05, 3.63) is 12.2 Å². The summed E-state index contributed by atoms with van der Waals surface area (Å²) in [4.78, 5) is 22.7. The molecule has 0 aliphatic rings. The van der Waals surface area contributed by atoms with Gasteiger partial charge in [0.15, 0.2) is 5.78 Å². The second-order valence-electron chi connectivity index (χ2n) is 5.44. The monoisotopic (exact) mass is 283 g/mol. The highest BCUT2D eigenvalue weighted by molar-refractivity contribution is 6.07. The summed E-state index contributed by atoms with van der Waals surface area (Å²) in [5.41, 5.74) is 5.76. The van der Waals surface area contributed by atoms with Crippen molar-refractivity contribution in [3.8, 4) is 0 Å². The van der Waals surface area contributed by atoms with Crippen LogP contribution in [0.25, 0.3) is 0 Å². The highest BCUT2D eigenvalue weighted by atomic mass is 16.4. The zero-order valence-electron chi connectivity index (χ0n) is 12.7. The summed E-state index contributed by atoms with van der Waals surface area (Å²) in [6.07, 6.45) is 9.23. The van der Waals surface area contributed by atoms with Crippen LogP contribution < -0.4 is 5.73 Å². The summed E-state index contributed by atoms with van der Waals surface area (Å²) in [5.74, 6) is -2.27. The fourth-order valence-corrected chi connectivity index (χ4v) is 2.22. The Labute approximate surface area is 122 Å². The molecule has 3 N–H and O–H groups in total. The van der Waals surface area contributed by atoms with Gasteiger partial charge in [-0.3, -0.25) is 9.59 Å². The summed E-state index contributed by atoms with van der Waals surface area (Å²) in [5, 5.41) is 9.04. The maximum Gasteiger partial charge on any atom is 0.314 e. The van der Waals surface area contributed by atoms with Crippen LogP contribution in [-0.4, -0.2) is 23.4 Å². The van der Waals surface area contributed by atoms with E-state index in [1.165, 1.54) is 25.7 Å². The molecule has 0 aromatic carbocycles. The molecule has 0 heterocycles.